The van der Waals surface area contributed by atoms with Gasteiger partial charge in [-0.3, -0.25) is 14.4 Å². The molecule has 0 aliphatic rings. The number of aryl methyl sites for hydroxylation is 1. The van der Waals surface area contributed by atoms with E-state index < -0.39 is 0 Å². The van der Waals surface area contributed by atoms with Crippen molar-refractivity contribution in [2.45, 2.75) is 33.6 Å². The molecule has 0 radical (unpaired) electrons. The van der Waals surface area contributed by atoms with Crippen LogP contribution in [0.25, 0.3) is 11.1 Å². The molecule has 0 bridgehead atoms. The fourth-order valence-corrected chi connectivity index (χ4v) is 2.40. The number of nitrogen functional groups attached to an aromatic ring is 1. The molecule has 4 nitrogen and oxygen atoms in total. The Morgan fingerprint density at radius 2 is 2.05 bits per heavy atom. The molecule has 0 aliphatic carbocycles. The molecule has 0 unspecified atom stereocenters. The number of carbonyl (C=O) groups is 1. The first-order valence-electron chi connectivity index (χ1n) is 7.63. The van der Waals surface area contributed by atoms with Crippen molar-refractivity contribution in [3.05, 3.63) is 47.6 Å². The van der Waals surface area contributed by atoms with Gasteiger partial charge in [0.15, 0.2) is 0 Å². The summed E-state index contributed by atoms with van der Waals surface area (Å²) in [6, 6.07) is 9.70. The smallest absolute Gasteiger partial charge is 0.229 e. The number of anilines is 1. The zero-order chi connectivity index (χ0) is 16.1. The molecule has 2 aromatic rings. The topological polar surface area (TPSA) is 60.4 Å². The fourth-order valence-electron chi connectivity index (χ4n) is 2.40. The molecule has 0 amide bonds. The highest BCUT2D eigenvalue weighted by atomic mass is 16.1. The molecular formula is C18H23N3O. The molecule has 1 heterocycles. The summed E-state index contributed by atoms with van der Waals surface area (Å²) >= 11 is 0. The van der Waals surface area contributed by atoms with Crippen LogP contribution in [0.15, 0.2) is 41.5 Å². The summed E-state index contributed by atoms with van der Waals surface area (Å²) in [5.41, 5.74) is 10.4. The third-order valence-corrected chi connectivity index (χ3v) is 3.61. The monoisotopic (exact) mass is 297 g/mol. The van der Waals surface area contributed by atoms with E-state index in [0.717, 1.165) is 41.8 Å². The van der Waals surface area contributed by atoms with Gasteiger partial charge in [0.2, 0.25) is 5.91 Å². The Bertz CT molecular complexity index is 744. The van der Waals surface area contributed by atoms with Gasteiger partial charge in [-0.25, -0.2) is 0 Å². The third kappa shape index (κ3) is 3.64. The van der Waals surface area contributed by atoms with Gasteiger partial charge in [-0.2, -0.15) is 0 Å². The van der Waals surface area contributed by atoms with Crippen molar-refractivity contribution in [1.29, 1.82) is 0 Å². The van der Waals surface area contributed by atoms with Gasteiger partial charge in [0.25, 0.3) is 0 Å². The molecule has 116 valence electrons. The van der Waals surface area contributed by atoms with Crippen LogP contribution >= 0.6 is 0 Å². The Kier molecular flexibility index (Phi) is 5.15. The average Bonchev–Trinajstić information content (AvgIpc) is 2.48. The third-order valence-electron chi connectivity index (χ3n) is 3.61. The predicted octanol–water partition coefficient (Wildman–Crippen LogP) is 3.41. The van der Waals surface area contributed by atoms with Crippen LogP contribution in [0.4, 0.5) is 5.69 Å². The van der Waals surface area contributed by atoms with Gasteiger partial charge in [-0.15, -0.1) is 0 Å². The van der Waals surface area contributed by atoms with Crippen molar-refractivity contribution in [3.63, 3.8) is 0 Å². The number of nitrogens with zero attached hydrogens (tertiary/aromatic N) is 2. The number of rotatable bonds is 4. The van der Waals surface area contributed by atoms with Gasteiger partial charge < -0.3 is 5.73 Å². The first-order valence-corrected chi connectivity index (χ1v) is 7.63. The van der Waals surface area contributed by atoms with Crippen molar-refractivity contribution >= 4 is 11.6 Å². The van der Waals surface area contributed by atoms with E-state index in [2.05, 4.69) is 11.9 Å². The Morgan fingerprint density at radius 1 is 1.27 bits per heavy atom. The van der Waals surface area contributed by atoms with E-state index in [1.54, 1.807) is 11.5 Å². The van der Waals surface area contributed by atoms with Gasteiger partial charge in [0.05, 0.1) is 0 Å². The van der Waals surface area contributed by atoms with Crippen LogP contribution < -0.4 is 11.2 Å². The summed E-state index contributed by atoms with van der Waals surface area (Å²) in [5, 5.41) is 0. The summed E-state index contributed by atoms with van der Waals surface area (Å²) < 4.78 is 1.61. The quantitative estimate of drug-likeness (QED) is 0.694. The van der Waals surface area contributed by atoms with Crippen molar-refractivity contribution in [1.82, 2.24) is 4.57 Å². The number of benzene rings is 1. The van der Waals surface area contributed by atoms with Crippen molar-refractivity contribution in [2.75, 3.05) is 12.3 Å². The maximum atomic E-state index is 11.9. The van der Waals surface area contributed by atoms with Gasteiger partial charge in [0, 0.05) is 25.4 Å². The predicted molar refractivity (Wildman–Crippen MR) is 90.7 cm³/mol. The minimum atomic E-state index is -0.0369. The van der Waals surface area contributed by atoms with Gasteiger partial charge >= 0.3 is 0 Å². The van der Waals surface area contributed by atoms with Crippen molar-refractivity contribution in [2.24, 2.45) is 4.99 Å². The van der Waals surface area contributed by atoms with E-state index >= 15 is 0 Å². The molecule has 4 heteroatoms. The van der Waals surface area contributed by atoms with Gasteiger partial charge in [-0.05, 0) is 54.3 Å². The molecule has 1 aromatic carbocycles. The molecular weight excluding hydrogens is 274 g/mol. The minimum absolute atomic E-state index is 0.0369. The van der Waals surface area contributed by atoms with Crippen molar-refractivity contribution in [3.8, 4) is 11.1 Å². The number of nitrogens with two attached hydrogens (primary N) is 1. The van der Waals surface area contributed by atoms with Crippen LogP contribution in [0.5, 0.6) is 0 Å². The van der Waals surface area contributed by atoms with Crippen LogP contribution in [0.1, 0.15) is 37.0 Å². The first-order chi connectivity index (χ1) is 10.5. The Hall–Kier alpha value is -2.36. The highest BCUT2D eigenvalue weighted by molar-refractivity contribution is 5.78. The number of pyridine rings is 1. The van der Waals surface area contributed by atoms with E-state index in [4.69, 9.17) is 5.73 Å². The number of aromatic nitrogens is 1. The Labute approximate surface area is 131 Å². The Balaban J connectivity index is 2.49. The summed E-state index contributed by atoms with van der Waals surface area (Å²) in [7, 11) is 0. The van der Waals surface area contributed by atoms with Crippen LogP contribution in [-0.2, 0) is 0 Å². The van der Waals surface area contributed by atoms with E-state index in [1.807, 2.05) is 43.5 Å². The second-order valence-corrected chi connectivity index (χ2v) is 5.47. The molecule has 22 heavy (non-hydrogen) atoms. The van der Waals surface area contributed by atoms with Crippen molar-refractivity contribution < 1.29 is 4.79 Å². The molecule has 0 fully saturated rings. The lowest BCUT2D eigenvalue weighted by molar-refractivity contribution is 0.0931. The molecule has 0 atom stereocenters. The maximum Gasteiger partial charge on any atom is 0.229 e. The number of hydrogen-bond acceptors (Lipinski definition) is 3. The Morgan fingerprint density at radius 3 is 2.68 bits per heavy atom. The van der Waals surface area contributed by atoms with E-state index in [-0.39, 0.29) is 5.91 Å². The summed E-state index contributed by atoms with van der Waals surface area (Å²) in [4.78, 5) is 16.4. The lowest BCUT2D eigenvalue weighted by atomic mass is 10.0. The van der Waals surface area contributed by atoms with Crippen LogP contribution in [0.3, 0.4) is 0 Å². The minimum Gasteiger partial charge on any atom is -0.399 e. The standard InChI is InChI=1S/C18H23N3O/c1-4-5-10-20-18-9-6-15(12-21(18)14(3)22)17-8-7-16(19)11-13(17)2/h6-9,11-12H,4-5,10,19H2,1-3H3. The lowest BCUT2D eigenvalue weighted by Crippen LogP contribution is -2.25. The van der Waals surface area contributed by atoms with E-state index in [1.165, 1.54) is 0 Å². The SMILES string of the molecule is CCCCN=c1ccc(-c2ccc(N)cc2C)cn1C(C)=O. The summed E-state index contributed by atoms with van der Waals surface area (Å²) in [6.07, 6.45) is 3.97. The molecule has 0 aliphatic heterocycles. The molecule has 0 saturated carbocycles. The van der Waals surface area contributed by atoms with Gasteiger partial charge in [-0.1, -0.05) is 19.4 Å². The average molecular weight is 297 g/mol. The second-order valence-electron chi connectivity index (χ2n) is 5.47. The zero-order valence-electron chi connectivity index (χ0n) is 13.5. The van der Waals surface area contributed by atoms with E-state index in [9.17, 15) is 4.79 Å². The molecule has 2 rings (SSSR count). The van der Waals surface area contributed by atoms with Gasteiger partial charge in [0.1, 0.15) is 5.49 Å². The molecule has 0 saturated heterocycles. The highest BCUT2D eigenvalue weighted by Gasteiger charge is 2.06. The largest absolute Gasteiger partial charge is 0.399 e. The fraction of sp³-hybridized carbons (Fsp3) is 0.333. The summed E-state index contributed by atoms with van der Waals surface area (Å²) in [6.45, 7) is 6.44. The summed E-state index contributed by atoms with van der Waals surface area (Å²) in [5.74, 6) is -0.0369. The second kappa shape index (κ2) is 7.07. The maximum absolute atomic E-state index is 11.9. The first kappa shape index (κ1) is 16.0. The number of unbranched alkanes of at least 4 members (excludes halogenated alkanes) is 1. The lowest BCUT2D eigenvalue weighted by Gasteiger charge is -2.10. The normalized spacial score (nSPS) is 11.7. The molecule has 1 aromatic heterocycles. The van der Waals surface area contributed by atoms with Crippen LogP contribution in [-0.4, -0.2) is 17.0 Å². The van der Waals surface area contributed by atoms with Crippen LogP contribution in [0.2, 0.25) is 0 Å². The number of carbonyl (C=O) groups excluding carboxylic acids is 1. The zero-order valence-corrected chi connectivity index (χ0v) is 13.5. The van der Waals surface area contributed by atoms with Crippen LogP contribution in [0, 0.1) is 6.92 Å². The number of hydrogen-bond donors (Lipinski definition) is 1. The molecule has 0 spiro atoms. The molecule has 2 N–H and O–H groups in total. The van der Waals surface area contributed by atoms with E-state index in [0.29, 0.717) is 5.49 Å². The highest BCUT2D eigenvalue weighted by Crippen LogP contribution is 2.24.